The number of ether oxygens (including phenoxy) is 1. The van der Waals surface area contributed by atoms with Gasteiger partial charge in [-0.2, -0.15) is 0 Å². The zero-order chi connectivity index (χ0) is 15.1. The van der Waals surface area contributed by atoms with Crippen LogP contribution in [0, 0.1) is 0 Å². The Labute approximate surface area is 117 Å². The molecule has 1 rings (SSSR count). The minimum absolute atomic E-state index is 0.0415. The summed E-state index contributed by atoms with van der Waals surface area (Å²) in [6.45, 7) is 14.3. The van der Waals surface area contributed by atoms with E-state index in [1.54, 1.807) is 7.11 Å². The summed E-state index contributed by atoms with van der Waals surface area (Å²) in [4.78, 5) is 0. The summed E-state index contributed by atoms with van der Waals surface area (Å²) < 4.78 is 5.58. The smallest absolute Gasteiger partial charge is 0.0871 e. The van der Waals surface area contributed by atoms with Crippen molar-refractivity contribution in [3.05, 3.63) is 34.9 Å². The molecule has 0 amide bonds. The van der Waals surface area contributed by atoms with Gasteiger partial charge in [0, 0.05) is 7.11 Å². The molecule has 0 heterocycles. The van der Waals surface area contributed by atoms with Crippen LogP contribution >= 0.6 is 0 Å². The maximum Gasteiger partial charge on any atom is 0.0871 e. The minimum Gasteiger partial charge on any atom is -0.386 e. The topological polar surface area (TPSA) is 29.5 Å². The molecule has 0 spiro atoms. The Morgan fingerprint density at radius 1 is 0.789 bits per heavy atom. The third-order valence-electron chi connectivity index (χ3n) is 3.71. The van der Waals surface area contributed by atoms with Crippen molar-refractivity contribution in [2.45, 2.75) is 65.1 Å². The van der Waals surface area contributed by atoms with Gasteiger partial charge >= 0.3 is 0 Å². The fourth-order valence-electron chi connectivity index (χ4n) is 1.88. The average molecular weight is 264 g/mol. The lowest BCUT2D eigenvalue weighted by Gasteiger charge is -2.30. The fraction of sp³-hybridized carbons (Fsp3) is 0.647. The lowest BCUT2D eigenvalue weighted by atomic mass is 9.80. The van der Waals surface area contributed by atoms with Crippen molar-refractivity contribution in [3.8, 4) is 0 Å². The van der Waals surface area contributed by atoms with Crippen molar-refractivity contribution in [2.24, 2.45) is 0 Å². The first-order valence-electron chi connectivity index (χ1n) is 6.82. The SMILES string of the molecule is COC(C)(C)c1cc(C(C)(C)C)cc(C(C)(C)O)c1. The van der Waals surface area contributed by atoms with E-state index in [0.717, 1.165) is 11.1 Å². The van der Waals surface area contributed by atoms with Crippen molar-refractivity contribution in [3.63, 3.8) is 0 Å². The van der Waals surface area contributed by atoms with E-state index in [1.165, 1.54) is 5.56 Å². The molecule has 1 aromatic rings. The number of aliphatic hydroxyl groups is 1. The highest BCUT2D eigenvalue weighted by Crippen LogP contribution is 2.33. The molecule has 0 atom stereocenters. The predicted molar refractivity (Wildman–Crippen MR) is 80.4 cm³/mol. The molecule has 0 aliphatic heterocycles. The van der Waals surface area contributed by atoms with Gasteiger partial charge in [0.15, 0.2) is 0 Å². The van der Waals surface area contributed by atoms with E-state index in [9.17, 15) is 5.11 Å². The summed E-state index contributed by atoms with van der Waals surface area (Å²) in [5.41, 5.74) is 2.08. The Morgan fingerprint density at radius 3 is 1.58 bits per heavy atom. The molecule has 0 bridgehead atoms. The third-order valence-corrected chi connectivity index (χ3v) is 3.71. The van der Waals surface area contributed by atoms with Gasteiger partial charge in [-0.25, -0.2) is 0 Å². The molecule has 0 saturated carbocycles. The first-order chi connectivity index (χ1) is 8.38. The molecule has 0 aliphatic carbocycles. The van der Waals surface area contributed by atoms with Crippen LogP contribution in [0.5, 0.6) is 0 Å². The van der Waals surface area contributed by atoms with Crippen molar-refractivity contribution in [2.75, 3.05) is 7.11 Å². The number of methoxy groups -OCH3 is 1. The van der Waals surface area contributed by atoms with Crippen LogP contribution in [0.4, 0.5) is 0 Å². The highest BCUT2D eigenvalue weighted by atomic mass is 16.5. The summed E-state index contributed by atoms with van der Waals surface area (Å²) in [7, 11) is 1.72. The Bertz CT molecular complexity index is 413. The zero-order valence-corrected chi connectivity index (χ0v) is 13.6. The second kappa shape index (κ2) is 4.92. The van der Waals surface area contributed by atoms with Crippen LogP contribution in [0.1, 0.15) is 65.2 Å². The molecular weight excluding hydrogens is 236 g/mol. The molecule has 0 saturated heterocycles. The van der Waals surface area contributed by atoms with Gasteiger partial charge in [0.25, 0.3) is 0 Å². The van der Waals surface area contributed by atoms with Crippen LogP contribution in [0.15, 0.2) is 18.2 Å². The first-order valence-corrected chi connectivity index (χ1v) is 6.82. The van der Waals surface area contributed by atoms with E-state index in [1.807, 2.05) is 33.8 Å². The van der Waals surface area contributed by atoms with Crippen molar-refractivity contribution in [1.29, 1.82) is 0 Å². The first kappa shape index (κ1) is 16.2. The quantitative estimate of drug-likeness (QED) is 0.891. The number of hydrogen-bond acceptors (Lipinski definition) is 2. The molecular formula is C17H28O2. The third kappa shape index (κ3) is 3.80. The maximum atomic E-state index is 10.3. The highest BCUT2D eigenvalue weighted by molar-refractivity contribution is 5.38. The van der Waals surface area contributed by atoms with Gasteiger partial charge in [-0.1, -0.05) is 39.0 Å². The minimum atomic E-state index is -0.847. The van der Waals surface area contributed by atoms with Gasteiger partial charge in [0.2, 0.25) is 0 Å². The lowest BCUT2D eigenvalue weighted by Crippen LogP contribution is -2.24. The van der Waals surface area contributed by atoms with E-state index < -0.39 is 5.60 Å². The molecule has 2 nitrogen and oxygen atoms in total. The average Bonchev–Trinajstić information content (AvgIpc) is 2.26. The molecule has 0 aromatic heterocycles. The molecule has 0 radical (unpaired) electrons. The maximum absolute atomic E-state index is 10.3. The van der Waals surface area contributed by atoms with Gasteiger partial charge in [0.05, 0.1) is 11.2 Å². The van der Waals surface area contributed by atoms with Crippen molar-refractivity contribution in [1.82, 2.24) is 0 Å². The van der Waals surface area contributed by atoms with E-state index in [4.69, 9.17) is 4.74 Å². The Hall–Kier alpha value is -0.860. The van der Waals surface area contributed by atoms with Crippen molar-refractivity contribution < 1.29 is 9.84 Å². The van der Waals surface area contributed by atoms with Crippen LogP contribution in [-0.4, -0.2) is 12.2 Å². The van der Waals surface area contributed by atoms with Crippen LogP contribution in [-0.2, 0) is 21.4 Å². The van der Waals surface area contributed by atoms with Crippen LogP contribution in [0.2, 0.25) is 0 Å². The monoisotopic (exact) mass is 264 g/mol. The van der Waals surface area contributed by atoms with E-state index in [-0.39, 0.29) is 11.0 Å². The van der Waals surface area contributed by atoms with Crippen LogP contribution < -0.4 is 0 Å². The lowest BCUT2D eigenvalue weighted by molar-refractivity contribution is 0.0184. The van der Waals surface area contributed by atoms with Gasteiger partial charge in [0.1, 0.15) is 0 Å². The standard InChI is InChI=1S/C17H28O2/c1-15(2,3)12-9-13(16(4,5)18)11-14(10-12)17(6,7)19-8/h9-11,18H,1-8H3. The second-order valence-electron chi connectivity index (χ2n) is 7.32. The number of benzene rings is 1. The molecule has 1 N–H and O–H groups in total. The summed E-state index contributed by atoms with van der Waals surface area (Å²) in [6.07, 6.45) is 0. The molecule has 0 aliphatic rings. The van der Waals surface area contributed by atoms with Crippen molar-refractivity contribution >= 4 is 0 Å². The normalized spacial score (nSPS) is 13.7. The summed E-state index contributed by atoms with van der Waals surface area (Å²) in [5, 5.41) is 10.3. The van der Waals surface area contributed by atoms with Gasteiger partial charge in [-0.3, -0.25) is 0 Å². The highest BCUT2D eigenvalue weighted by Gasteiger charge is 2.26. The van der Waals surface area contributed by atoms with E-state index >= 15 is 0 Å². The predicted octanol–water partition coefficient (Wildman–Crippen LogP) is 4.09. The van der Waals surface area contributed by atoms with Gasteiger partial charge < -0.3 is 9.84 Å². The molecule has 0 fully saturated rings. The summed E-state index contributed by atoms with van der Waals surface area (Å²) in [5.74, 6) is 0. The van der Waals surface area contributed by atoms with E-state index in [2.05, 4.69) is 32.9 Å². The number of rotatable bonds is 3. The number of hydrogen-bond donors (Lipinski definition) is 1. The summed E-state index contributed by atoms with van der Waals surface area (Å²) >= 11 is 0. The molecule has 1 aromatic carbocycles. The second-order valence-corrected chi connectivity index (χ2v) is 7.32. The zero-order valence-electron chi connectivity index (χ0n) is 13.6. The Kier molecular flexibility index (Phi) is 4.19. The van der Waals surface area contributed by atoms with E-state index in [0.29, 0.717) is 0 Å². The molecule has 19 heavy (non-hydrogen) atoms. The summed E-state index contributed by atoms with van der Waals surface area (Å²) in [6, 6.07) is 6.31. The van der Waals surface area contributed by atoms with Gasteiger partial charge in [-0.05, 0) is 49.8 Å². The van der Waals surface area contributed by atoms with Crippen LogP contribution in [0.3, 0.4) is 0 Å². The fourth-order valence-corrected chi connectivity index (χ4v) is 1.88. The van der Waals surface area contributed by atoms with Crippen LogP contribution in [0.25, 0.3) is 0 Å². The molecule has 0 unspecified atom stereocenters. The molecule has 108 valence electrons. The Morgan fingerprint density at radius 2 is 1.21 bits per heavy atom. The molecule has 2 heteroatoms. The van der Waals surface area contributed by atoms with Gasteiger partial charge in [-0.15, -0.1) is 0 Å². The largest absolute Gasteiger partial charge is 0.386 e. The Balaban J connectivity index is 3.51.